The van der Waals surface area contributed by atoms with Crippen LogP contribution in [0, 0.1) is 5.92 Å². The highest BCUT2D eigenvalue weighted by Gasteiger charge is 2.37. The van der Waals surface area contributed by atoms with Gasteiger partial charge in [0, 0.05) is 12.1 Å². The molecule has 0 heterocycles. The number of nitrogens with two attached hydrogens (primary N) is 1. The lowest BCUT2D eigenvalue weighted by atomic mass is 9.74. The van der Waals surface area contributed by atoms with Gasteiger partial charge in [-0.25, -0.2) is 0 Å². The highest BCUT2D eigenvalue weighted by Crippen LogP contribution is 2.31. The van der Waals surface area contributed by atoms with E-state index in [1.165, 1.54) is 5.56 Å². The predicted octanol–water partition coefficient (Wildman–Crippen LogP) is 3.04. The summed E-state index contributed by atoms with van der Waals surface area (Å²) in [5.74, 6) is -0.202. The van der Waals surface area contributed by atoms with Gasteiger partial charge in [0.05, 0.1) is 12.0 Å². The number of amides is 1. The van der Waals surface area contributed by atoms with E-state index in [4.69, 9.17) is 5.73 Å². The number of aliphatic hydroxyl groups is 1. The van der Waals surface area contributed by atoms with E-state index in [0.29, 0.717) is 0 Å². The van der Waals surface area contributed by atoms with E-state index in [-0.39, 0.29) is 23.8 Å². The number of hydrogen-bond donors (Lipinski definition) is 3. The fourth-order valence-corrected chi connectivity index (χ4v) is 3.43. The van der Waals surface area contributed by atoms with Gasteiger partial charge >= 0.3 is 0 Å². The molecule has 1 saturated carbocycles. The molecule has 24 heavy (non-hydrogen) atoms. The van der Waals surface area contributed by atoms with Gasteiger partial charge in [-0.2, -0.15) is 0 Å². The Balaban J connectivity index is 1.93. The van der Waals surface area contributed by atoms with Crippen molar-refractivity contribution in [3.05, 3.63) is 35.4 Å². The first-order chi connectivity index (χ1) is 11.1. The molecule has 1 fully saturated rings. The summed E-state index contributed by atoms with van der Waals surface area (Å²) in [5, 5.41) is 13.2. The van der Waals surface area contributed by atoms with Crippen LogP contribution < -0.4 is 11.1 Å². The third kappa shape index (κ3) is 4.58. The van der Waals surface area contributed by atoms with Crippen molar-refractivity contribution >= 4 is 5.91 Å². The topological polar surface area (TPSA) is 75.3 Å². The van der Waals surface area contributed by atoms with E-state index < -0.39 is 11.6 Å². The second-order valence-corrected chi connectivity index (χ2v) is 8.44. The monoisotopic (exact) mass is 332 g/mol. The Labute approximate surface area is 145 Å². The molecule has 4 heteroatoms. The number of carbonyl (C=O) groups excluding carboxylic acids is 1. The van der Waals surface area contributed by atoms with E-state index in [2.05, 4.69) is 26.1 Å². The fraction of sp³-hybridized carbons (Fsp3) is 0.650. The predicted molar refractivity (Wildman–Crippen MR) is 97.7 cm³/mol. The minimum absolute atomic E-state index is 0.0370. The lowest BCUT2D eigenvalue weighted by Crippen LogP contribution is -2.53. The third-order valence-corrected chi connectivity index (χ3v) is 5.20. The van der Waals surface area contributed by atoms with Gasteiger partial charge in [-0.05, 0) is 36.3 Å². The summed E-state index contributed by atoms with van der Waals surface area (Å²) in [6, 6.07) is 7.95. The van der Waals surface area contributed by atoms with Crippen LogP contribution >= 0.6 is 0 Å². The van der Waals surface area contributed by atoms with Gasteiger partial charge in [0.2, 0.25) is 5.91 Å². The van der Waals surface area contributed by atoms with Gasteiger partial charge in [0.15, 0.2) is 0 Å². The van der Waals surface area contributed by atoms with Crippen molar-refractivity contribution in [3.8, 4) is 0 Å². The number of benzene rings is 1. The maximum absolute atomic E-state index is 12.4. The van der Waals surface area contributed by atoms with Crippen molar-refractivity contribution in [1.82, 2.24) is 5.32 Å². The lowest BCUT2D eigenvalue weighted by molar-refractivity contribution is -0.128. The summed E-state index contributed by atoms with van der Waals surface area (Å²) < 4.78 is 0. The molecule has 1 aromatic rings. The van der Waals surface area contributed by atoms with Crippen LogP contribution in [0.25, 0.3) is 0 Å². The number of nitrogens with one attached hydrogen (secondary N) is 1. The molecule has 2 rings (SSSR count). The average Bonchev–Trinajstić information content (AvgIpc) is 2.51. The maximum Gasteiger partial charge on any atom is 0.225 e. The molecule has 0 saturated heterocycles. The van der Waals surface area contributed by atoms with Crippen molar-refractivity contribution in [3.63, 3.8) is 0 Å². The van der Waals surface area contributed by atoms with E-state index in [1.807, 2.05) is 31.2 Å². The van der Waals surface area contributed by atoms with Crippen LogP contribution in [0.4, 0.5) is 0 Å². The number of carbonyl (C=O) groups is 1. The van der Waals surface area contributed by atoms with Crippen LogP contribution in [0.15, 0.2) is 24.3 Å². The largest absolute Gasteiger partial charge is 0.387 e. The summed E-state index contributed by atoms with van der Waals surface area (Å²) in [7, 11) is 0. The molecule has 1 aliphatic rings. The Kier molecular flexibility index (Phi) is 5.71. The molecular weight excluding hydrogens is 300 g/mol. The zero-order chi connectivity index (χ0) is 18.0. The summed E-state index contributed by atoms with van der Waals surface area (Å²) in [5.41, 5.74) is 7.97. The molecule has 0 spiro atoms. The zero-order valence-electron chi connectivity index (χ0n) is 15.4. The smallest absolute Gasteiger partial charge is 0.225 e. The third-order valence-electron chi connectivity index (χ3n) is 5.20. The van der Waals surface area contributed by atoms with E-state index in [9.17, 15) is 9.90 Å². The first-order valence-corrected chi connectivity index (χ1v) is 8.96. The van der Waals surface area contributed by atoms with Gasteiger partial charge in [0.25, 0.3) is 0 Å². The van der Waals surface area contributed by atoms with Crippen molar-refractivity contribution in [2.45, 2.75) is 70.4 Å². The second-order valence-electron chi connectivity index (χ2n) is 8.44. The summed E-state index contributed by atoms with van der Waals surface area (Å²) in [6.45, 7) is 8.66. The van der Waals surface area contributed by atoms with Crippen molar-refractivity contribution < 1.29 is 9.90 Å². The molecule has 3 unspecified atom stereocenters. The van der Waals surface area contributed by atoms with Gasteiger partial charge in [0.1, 0.15) is 0 Å². The maximum atomic E-state index is 12.4. The SMILES string of the molecule is CC(C)(C)c1ccc(C(O)CNC(=O)C2CCCCC2(C)N)cc1. The Hall–Kier alpha value is -1.39. The summed E-state index contributed by atoms with van der Waals surface area (Å²) in [6.07, 6.45) is 3.13. The Morgan fingerprint density at radius 3 is 2.50 bits per heavy atom. The second kappa shape index (κ2) is 7.24. The normalized spacial score (nSPS) is 26.0. The van der Waals surface area contributed by atoms with Crippen molar-refractivity contribution in [2.24, 2.45) is 11.7 Å². The standard InChI is InChI=1S/C20H32N2O2/c1-19(2,3)15-10-8-14(9-11-15)17(23)13-22-18(24)16-7-5-6-12-20(16,4)21/h8-11,16-17,23H,5-7,12-13,21H2,1-4H3,(H,22,24). The molecule has 0 aromatic heterocycles. The molecule has 134 valence electrons. The van der Waals surface area contributed by atoms with E-state index >= 15 is 0 Å². The molecule has 0 radical (unpaired) electrons. The van der Waals surface area contributed by atoms with Gasteiger partial charge in [-0.3, -0.25) is 4.79 Å². The van der Waals surface area contributed by atoms with E-state index in [0.717, 1.165) is 31.2 Å². The Morgan fingerprint density at radius 1 is 1.33 bits per heavy atom. The van der Waals surface area contributed by atoms with Gasteiger partial charge in [-0.1, -0.05) is 57.9 Å². The average molecular weight is 332 g/mol. The molecule has 1 aliphatic carbocycles. The van der Waals surface area contributed by atoms with Crippen LogP contribution in [0.3, 0.4) is 0 Å². The summed E-state index contributed by atoms with van der Waals surface area (Å²) >= 11 is 0. The first-order valence-electron chi connectivity index (χ1n) is 8.96. The minimum Gasteiger partial charge on any atom is -0.387 e. The fourth-order valence-electron chi connectivity index (χ4n) is 3.43. The molecule has 0 aliphatic heterocycles. The number of rotatable bonds is 4. The molecule has 0 bridgehead atoms. The van der Waals surface area contributed by atoms with Gasteiger partial charge < -0.3 is 16.2 Å². The highest BCUT2D eigenvalue weighted by atomic mass is 16.3. The van der Waals surface area contributed by atoms with Crippen LogP contribution in [0.5, 0.6) is 0 Å². The molecule has 1 aromatic carbocycles. The number of aliphatic hydroxyl groups excluding tert-OH is 1. The minimum atomic E-state index is -0.699. The Bertz CT molecular complexity index is 558. The molecular formula is C20H32N2O2. The van der Waals surface area contributed by atoms with Gasteiger partial charge in [-0.15, -0.1) is 0 Å². The highest BCUT2D eigenvalue weighted by molar-refractivity contribution is 5.80. The quantitative estimate of drug-likeness (QED) is 0.793. The zero-order valence-corrected chi connectivity index (χ0v) is 15.4. The van der Waals surface area contributed by atoms with Crippen LogP contribution in [0.1, 0.15) is 70.6 Å². The van der Waals surface area contributed by atoms with E-state index in [1.54, 1.807) is 0 Å². The summed E-state index contributed by atoms with van der Waals surface area (Å²) in [4.78, 5) is 12.4. The van der Waals surface area contributed by atoms with Crippen LogP contribution in [-0.2, 0) is 10.2 Å². The Morgan fingerprint density at radius 2 is 1.96 bits per heavy atom. The molecule has 1 amide bonds. The van der Waals surface area contributed by atoms with Crippen molar-refractivity contribution in [2.75, 3.05) is 6.54 Å². The molecule has 4 N–H and O–H groups in total. The van der Waals surface area contributed by atoms with Crippen molar-refractivity contribution in [1.29, 1.82) is 0 Å². The molecule has 4 nitrogen and oxygen atoms in total. The lowest BCUT2D eigenvalue weighted by Gasteiger charge is -2.37. The first kappa shape index (κ1) is 18.9. The van der Waals surface area contributed by atoms with Crippen LogP contribution in [-0.4, -0.2) is 23.1 Å². The number of hydrogen-bond acceptors (Lipinski definition) is 3. The molecule has 3 atom stereocenters. The van der Waals surface area contributed by atoms with Crippen LogP contribution in [0.2, 0.25) is 0 Å².